The van der Waals surface area contributed by atoms with Crippen molar-refractivity contribution in [3.8, 4) is 0 Å². The summed E-state index contributed by atoms with van der Waals surface area (Å²) in [6.07, 6.45) is 1.29. The van der Waals surface area contributed by atoms with E-state index < -0.39 is 11.9 Å². The second-order valence-electron chi connectivity index (χ2n) is 4.17. The molecule has 18 heavy (non-hydrogen) atoms. The number of aromatic nitrogens is 2. The van der Waals surface area contributed by atoms with Crippen molar-refractivity contribution in [2.45, 2.75) is 12.8 Å². The largest absolute Gasteiger partial charge is 0.481 e. The van der Waals surface area contributed by atoms with Crippen LogP contribution in [0.5, 0.6) is 0 Å². The molecule has 7 heteroatoms. The first kappa shape index (κ1) is 12.8. The Bertz CT molecular complexity index is 463. The molecule has 0 aromatic carbocycles. The van der Waals surface area contributed by atoms with E-state index in [9.17, 15) is 9.59 Å². The minimum Gasteiger partial charge on any atom is -0.481 e. The van der Waals surface area contributed by atoms with E-state index in [-0.39, 0.29) is 23.3 Å². The average molecular weight is 270 g/mol. The minimum absolute atomic E-state index is 0.186. The van der Waals surface area contributed by atoms with Crippen LogP contribution in [0.4, 0.5) is 0 Å². The summed E-state index contributed by atoms with van der Waals surface area (Å²) in [6.45, 7) is 0.769. The summed E-state index contributed by atoms with van der Waals surface area (Å²) in [6, 6.07) is 2.97. The van der Waals surface area contributed by atoms with Crippen LogP contribution in [-0.4, -0.2) is 45.2 Å². The van der Waals surface area contributed by atoms with Crippen molar-refractivity contribution in [3.63, 3.8) is 0 Å². The molecule has 2 rings (SSSR count). The van der Waals surface area contributed by atoms with Crippen LogP contribution in [0, 0.1) is 5.92 Å². The molecule has 0 unspecified atom stereocenters. The molecule has 1 aliphatic rings. The van der Waals surface area contributed by atoms with Crippen molar-refractivity contribution in [2.24, 2.45) is 5.92 Å². The highest BCUT2D eigenvalue weighted by molar-refractivity contribution is 6.29. The van der Waals surface area contributed by atoms with Crippen molar-refractivity contribution in [3.05, 3.63) is 23.0 Å². The van der Waals surface area contributed by atoms with Crippen LogP contribution < -0.4 is 0 Å². The molecule has 1 aromatic rings. The van der Waals surface area contributed by atoms with E-state index >= 15 is 0 Å². The zero-order chi connectivity index (χ0) is 13.1. The van der Waals surface area contributed by atoms with Crippen molar-refractivity contribution in [1.29, 1.82) is 0 Å². The van der Waals surface area contributed by atoms with Crippen LogP contribution in [0.15, 0.2) is 12.1 Å². The smallest absolute Gasteiger partial charge is 0.308 e. The van der Waals surface area contributed by atoms with Gasteiger partial charge in [0.15, 0.2) is 10.8 Å². The third kappa shape index (κ3) is 2.76. The van der Waals surface area contributed by atoms with E-state index in [0.717, 1.165) is 0 Å². The summed E-state index contributed by atoms with van der Waals surface area (Å²) < 4.78 is 0. The molecular formula is C11H12ClN3O3. The maximum Gasteiger partial charge on any atom is 0.308 e. The first-order chi connectivity index (χ1) is 8.58. The van der Waals surface area contributed by atoms with Gasteiger partial charge in [-0.15, -0.1) is 10.2 Å². The van der Waals surface area contributed by atoms with E-state index in [2.05, 4.69) is 10.2 Å². The van der Waals surface area contributed by atoms with Gasteiger partial charge in [-0.3, -0.25) is 9.59 Å². The molecular weight excluding hydrogens is 258 g/mol. The third-order valence-electron chi connectivity index (χ3n) is 2.91. The van der Waals surface area contributed by atoms with Crippen LogP contribution in [0.1, 0.15) is 23.3 Å². The topological polar surface area (TPSA) is 83.4 Å². The zero-order valence-electron chi connectivity index (χ0n) is 9.54. The van der Waals surface area contributed by atoms with Gasteiger partial charge in [0.25, 0.3) is 5.91 Å². The summed E-state index contributed by atoms with van der Waals surface area (Å²) in [5.41, 5.74) is 0.186. The lowest BCUT2D eigenvalue weighted by atomic mass is 9.98. The number of piperidine rings is 1. The van der Waals surface area contributed by atoms with Crippen molar-refractivity contribution in [1.82, 2.24) is 15.1 Å². The number of aliphatic carboxylic acids is 1. The van der Waals surface area contributed by atoms with Crippen molar-refractivity contribution in [2.75, 3.05) is 13.1 Å². The number of hydrogen-bond donors (Lipinski definition) is 1. The van der Waals surface area contributed by atoms with Gasteiger partial charge in [0.1, 0.15) is 0 Å². The number of nitrogens with zero attached hydrogens (tertiary/aromatic N) is 3. The quantitative estimate of drug-likeness (QED) is 0.868. The van der Waals surface area contributed by atoms with E-state index in [0.29, 0.717) is 19.4 Å². The Balaban J connectivity index is 2.09. The monoisotopic (exact) mass is 269 g/mol. The molecule has 1 N–H and O–H groups in total. The van der Waals surface area contributed by atoms with E-state index in [1.165, 1.54) is 17.0 Å². The molecule has 1 aromatic heterocycles. The first-order valence-electron chi connectivity index (χ1n) is 5.59. The predicted molar refractivity (Wildman–Crippen MR) is 63.3 cm³/mol. The van der Waals surface area contributed by atoms with Gasteiger partial charge in [-0.05, 0) is 25.0 Å². The fourth-order valence-electron chi connectivity index (χ4n) is 1.96. The second-order valence-corrected chi connectivity index (χ2v) is 4.56. The lowest BCUT2D eigenvalue weighted by molar-refractivity contribution is -0.143. The number of hydrogen-bond acceptors (Lipinski definition) is 4. The zero-order valence-corrected chi connectivity index (χ0v) is 10.3. The maximum atomic E-state index is 12.1. The number of carboxylic acid groups (broad SMARTS) is 1. The van der Waals surface area contributed by atoms with Crippen LogP contribution in [0.2, 0.25) is 5.15 Å². The maximum absolute atomic E-state index is 12.1. The highest BCUT2D eigenvalue weighted by atomic mass is 35.5. The molecule has 1 aliphatic heterocycles. The Morgan fingerprint density at radius 2 is 2.17 bits per heavy atom. The Kier molecular flexibility index (Phi) is 3.76. The van der Waals surface area contributed by atoms with E-state index in [1.807, 2.05) is 0 Å². The molecule has 0 radical (unpaired) electrons. The summed E-state index contributed by atoms with van der Waals surface area (Å²) >= 11 is 5.59. The molecule has 1 atom stereocenters. The molecule has 0 bridgehead atoms. The molecule has 96 valence electrons. The normalized spacial score (nSPS) is 19.6. The van der Waals surface area contributed by atoms with Gasteiger partial charge in [-0.2, -0.15) is 0 Å². The van der Waals surface area contributed by atoms with Gasteiger partial charge >= 0.3 is 5.97 Å². The van der Waals surface area contributed by atoms with Gasteiger partial charge in [0.05, 0.1) is 5.92 Å². The number of rotatable bonds is 2. The van der Waals surface area contributed by atoms with E-state index in [1.54, 1.807) is 0 Å². The second kappa shape index (κ2) is 5.30. The Morgan fingerprint density at radius 1 is 1.39 bits per heavy atom. The summed E-state index contributed by atoms with van der Waals surface area (Å²) in [5.74, 6) is -1.66. The Labute approximate surface area is 109 Å². The lowest BCUT2D eigenvalue weighted by Gasteiger charge is -2.30. The average Bonchev–Trinajstić information content (AvgIpc) is 2.39. The van der Waals surface area contributed by atoms with Crippen molar-refractivity contribution < 1.29 is 14.7 Å². The molecule has 1 fully saturated rings. The van der Waals surface area contributed by atoms with Gasteiger partial charge in [0.2, 0.25) is 0 Å². The first-order valence-corrected chi connectivity index (χ1v) is 5.97. The van der Waals surface area contributed by atoms with Gasteiger partial charge in [0, 0.05) is 13.1 Å². The Morgan fingerprint density at radius 3 is 2.78 bits per heavy atom. The molecule has 1 amide bonds. The van der Waals surface area contributed by atoms with Crippen LogP contribution in [0.25, 0.3) is 0 Å². The SMILES string of the molecule is O=C(O)[C@@H]1CCCN(C(=O)c2ccc(Cl)nn2)C1. The summed E-state index contributed by atoms with van der Waals surface area (Å²) in [7, 11) is 0. The molecule has 0 aliphatic carbocycles. The third-order valence-corrected chi connectivity index (χ3v) is 3.11. The lowest BCUT2D eigenvalue weighted by Crippen LogP contribution is -2.42. The molecule has 1 saturated heterocycles. The van der Waals surface area contributed by atoms with E-state index in [4.69, 9.17) is 16.7 Å². The predicted octanol–water partition coefficient (Wildman–Crippen LogP) is 1.07. The number of carbonyl (C=O) groups excluding carboxylic acids is 1. The Hall–Kier alpha value is -1.69. The van der Waals surface area contributed by atoms with Gasteiger partial charge in [-0.1, -0.05) is 11.6 Å². The van der Waals surface area contributed by atoms with Crippen LogP contribution in [-0.2, 0) is 4.79 Å². The van der Waals surface area contributed by atoms with Crippen LogP contribution in [0.3, 0.4) is 0 Å². The number of likely N-dealkylation sites (tertiary alicyclic amines) is 1. The van der Waals surface area contributed by atoms with Crippen molar-refractivity contribution >= 4 is 23.5 Å². The fraction of sp³-hybridized carbons (Fsp3) is 0.455. The van der Waals surface area contributed by atoms with Gasteiger partial charge in [-0.25, -0.2) is 0 Å². The molecule has 0 spiro atoms. The summed E-state index contributed by atoms with van der Waals surface area (Å²) in [5, 5.41) is 16.5. The number of carbonyl (C=O) groups is 2. The number of amides is 1. The van der Waals surface area contributed by atoms with Crippen LogP contribution >= 0.6 is 11.6 Å². The molecule has 2 heterocycles. The number of carboxylic acids is 1. The molecule has 0 saturated carbocycles. The molecule has 6 nitrogen and oxygen atoms in total. The van der Waals surface area contributed by atoms with Gasteiger partial charge < -0.3 is 10.0 Å². The number of halogens is 1. The fourth-order valence-corrected chi connectivity index (χ4v) is 2.06. The minimum atomic E-state index is -0.866. The summed E-state index contributed by atoms with van der Waals surface area (Å²) in [4.78, 5) is 24.5. The highest BCUT2D eigenvalue weighted by Gasteiger charge is 2.29. The highest BCUT2D eigenvalue weighted by Crippen LogP contribution is 2.18. The standard InChI is InChI=1S/C11H12ClN3O3/c12-9-4-3-8(13-14-9)10(16)15-5-1-2-7(6-15)11(17)18/h3-4,7H,1-2,5-6H2,(H,17,18)/t7-/m1/s1.